The van der Waals surface area contributed by atoms with Crippen LogP contribution in [0.15, 0.2) is 4.47 Å². The lowest BCUT2D eigenvalue weighted by atomic mass is 9.75. The summed E-state index contributed by atoms with van der Waals surface area (Å²) in [4.78, 5) is 0. The molecule has 0 aliphatic heterocycles. The van der Waals surface area contributed by atoms with Crippen LogP contribution in [0.25, 0.3) is 0 Å². The summed E-state index contributed by atoms with van der Waals surface area (Å²) in [5.41, 5.74) is 2.43. The molecule has 1 aliphatic rings. The number of methoxy groups -OCH3 is 1. The maximum atomic E-state index is 5.81. The number of halogens is 1. The molecule has 1 saturated carbocycles. The fourth-order valence-electron chi connectivity index (χ4n) is 3.21. The van der Waals surface area contributed by atoms with Gasteiger partial charge in [-0.3, -0.25) is 4.68 Å². The van der Waals surface area contributed by atoms with Gasteiger partial charge < -0.3 is 10.1 Å². The first kappa shape index (κ1) is 17.0. The molecule has 1 unspecified atom stereocenters. The van der Waals surface area contributed by atoms with Crippen molar-refractivity contribution < 1.29 is 4.74 Å². The lowest BCUT2D eigenvalue weighted by Crippen LogP contribution is -2.47. The minimum atomic E-state index is 0.103. The highest BCUT2D eigenvalue weighted by molar-refractivity contribution is 9.10. The SMILES string of the molecule is CCCNC(Cc1c(Br)c(C)nn1C)CC1(OC)CCC1. The Kier molecular flexibility index (Phi) is 5.86. The van der Waals surface area contributed by atoms with Crippen LogP contribution in [0, 0.1) is 6.92 Å². The summed E-state index contributed by atoms with van der Waals surface area (Å²) < 4.78 is 8.96. The third kappa shape index (κ3) is 3.88. The van der Waals surface area contributed by atoms with Gasteiger partial charge >= 0.3 is 0 Å². The van der Waals surface area contributed by atoms with Crippen molar-refractivity contribution in [3.8, 4) is 0 Å². The van der Waals surface area contributed by atoms with Crippen molar-refractivity contribution in [2.75, 3.05) is 13.7 Å². The zero-order valence-electron chi connectivity index (χ0n) is 13.7. The van der Waals surface area contributed by atoms with E-state index in [0.717, 1.165) is 36.0 Å². The van der Waals surface area contributed by atoms with Crippen molar-refractivity contribution in [3.63, 3.8) is 0 Å². The zero-order valence-corrected chi connectivity index (χ0v) is 15.3. The molecule has 0 saturated heterocycles. The number of hydrogen-bond donors (Lipinski definition) is 1. The predicted molar refractivity (Wildman–Crippen MR) is 89.6 cm³/mol. The molecular formula is C16H28BrN3O. The van der Waals surface area contributed by atoms with E-state index >= 15 is 0 Å². The molecule has 120 valence electrons. The summed E-state index contributed by atoms with van der Waals surface area (Å²) >= 11 is 3.68. The highest BCUT2D eigenvalue weighted by Gasteiger charge is 2.39. The Bertz CT molecular complexity index is 463. The van der Waals surface area contributed by atoms with Gasteiger partial charge in [0.25, 0.3) is 0 Å². The van der Waals surface area contributed by atoms with Crippen molar-refractivity contribution in [2.45, 2.75) is 64.0 Å². The molecular weight excluding hydrogens is 330 g/mol. The van der Waals surface area contributed by atoms with E-state index in [9.17, 15) is 0 Å². The zero-order chi connectivity index (χ0) is 15.5. The van der Waals surface area contributed by atoms with Gasteiger partial charge in [-0.1, -0.05) is 6.92 Å². The van der Waals surface area contributed by atoms with Gasteiger partial charge in [0.1, 0.15) is 0 Å². The van der Waals surface area contributed by atoms with Crippen LogP contribution in [0.4, 0.5) is 0 Å². The Morgan fingerprint density at radius 2 is 2.19 bits per heavy atom. The third-order valence-corrected chi connectivity index (χ3v) is 5.73. The van der Waals surface area contributed by atoms with Gasteiger partial charge in [-0.05, 0) is 61.5 Å². The molecule has 1 fully saturated rings. The minimum absolute atomic E-state index is 0.103. The Balaban J connectivity index is 2.08. The number of nitrogens with zero attached hydrogens (tertiary/aromatic N) is 2. The lowest BCUT2D eigenvalue weighted by molar-refractivity contribution is -0.0834. The number of rotatable bonds is 8. The second kappa shape index (κ2) is 7.25. The second-order valence-corrected chi connectivity index (χ2v) is 7.06. The second-order valence-electron chi connectivity index (χ2n) is 6.27. The van der Waals surface area contributed by atoms with Gasteiger partial charge in [0.05, 0.1) is 21.5 Å². The predicted octanol–water partition coefficient (Wildman–Crippen LogP) is 3.36. The average Bonchev–Trinajstić information content (AvgIpc) is 2.66. The number of hydrogen-bond acceptors (Lipinski definition) is 3. The van der Waals surface area contributed by atoms with Crippen LogP contribution >= 0.6 is 15.9 Å². The van der Waals surface area contributed by atoms with Gasteiger partial charge in [-0.15, -0.1) is 0 Å². The topological polar surface area (TPSA) is 39.1 Å². The minimum Gasteiger partial charge on any atom is -0.378 e. The molecule has 21 heavy (non-hydrogen) atoms. The van der Waals surface area contributed by atoms with E-state index in [1.165, 1.54) is 25.0 Å². The molecule has 0 aromatic carbocycles. The van der Waals surface area contributed by atoms with Crippen molar-refractivity contribution in [2.24, 2.45) is 7.05 Å². The van der Waals surface area contributed by atoms with Crippen molar-refractivity contribution in [1.29, 1.82) is 0 Å². The Morgan fingerprint density at radius 1 is 1.48 bits per heavy atom. The quantitative estimate of drug-likeness (QED) is 0.775. The molecule has 5 heteroatoms. The third-order valence-electron chi connectivity index (χ3n) is 4.70. The molecule has 4 nitrogen and oxygen atoms in total. The van der Waals surface area contributed by atoms with E-state index in [1.807, 2.05) is 25.8 Å². The smallest absolute Gasteiger partial charge is 0.0738 e. The highest BCUT2D eigenvalue weighted by Crippen LogP contribution is 2.39. The van der Waals surface area contributed by atoms with E-state index in [0.29, 0.717) is 6.04 Å². The molecule has 2 rings (SSSR count). The van der Waals surface area contributed by atoms with E-state index in [1.54, 1.807) is 0 Å². The number of aromatic nitrogens is 2. The fraction of sp³-hybridized carbons (Fsp3) is 0.812. The van der Waals surface area contributed by atoms with Crippen LogP contribution in [-0.2, 0) is 18.2 Å². The molecule has 1 aliphatic carbocycles. The molecule has 1 atom stereocenters. The Labute approximate surface area is 136 Å². The average molecular weight is 358 g/mol. The maximum Gasteiger partial charge on any atom is 0.0738 e. The molecule has 1 N–H and O–H groups in total. The van der Waals surface area contributed by atoms with E-state index in [4.69, 9.17) is 4.74 Å². The van der Waals surface area contributed by atoms with E-state index < -0.39 is 0 Å². The Hall–Kier alpha value is -0.390. The first-order valence-electron chi connectivity index (χ1n) is 7.98. The first-order chi connectivity index (χ1) is 10.0. The number of aryl methyl sites for hydroxylation is 2. The number of nitrogens with one attached hydrogen (secondary N) is 1. The molecule has 0 radical (unpaired) electrons. The van der Waals surface area contributed by atoms with Gasteiger partial charge in [-0.25, -0.2) is 0 Å². The standard InChI is InChI=1S/C16H28BrN3O/c1-5-9-18-13(11-16(21-4)7-6-8-16)10-14-15(17)12(2)19-20(14)3/h13,18H,5-11H2,1-4H3. The van der Waals surface area contributed by atoms with Crippen molar-refractivity contribution in [1.82, 2.24) is 15.1 Å². The summed E-state index contributed by atoms with van der Waals surface area (Å²) in [6.07, 6.45) is 6.91. The van der Waals surface area contributed by atoms with Gasteiger partial charge in [-0.2, -0.15) is 5.10 Å². The first-order valence-corrected chi connectivity index (χ1v) is 8.77. The fourth-order valence-corrected chi connectivity index (χ4v) is 3.71. The number of ether oxygens (including phenoxy) is 1. The summed E-state index contributed by atoms with van der Waals surface area (Å²) in [5, 5.41) is 8.20. The normalized spacial score (nSPS) is 18.5. The highest BCUT2D eigenvalue weighted by atomic mass is 79.9. The van der Waals surface area contributed by atoms with Crippen LogP contribution in [0.3, 0.4) is 0 Å². The summed E-state index contributed by atoms with van der Waals surface area (Å²) in [6.45, 7) is 5.31. The van der Waals surface area contributed by atoms with E-state index in [2.05, 4.69) is 33.3 Å². The van der Waals surface area contributed by atoms with Crippen LogP contribution in [0.5, 0.6) is 0 Å². The van der Waals surface area contributed by atoms with Crippen LogP contribution in [0.2, 0.25) is 0 Å². The van der Waals surface area contributed by atoms with Crippen molar-refractivity contribution >= 4 is 15.9 Å². The van der Waals surface area contributed by atoms with Gasteiger partial charge in [0.2, 0.25) is 0 Å². The van der Waals surface area contributed by atoms with Crippen LogP contribution in [-0.4, -0.2) is 35.1 Å². The molecule has 0 spiro atoms. The summed E-state index contributed by atoms with van der Waals surface area (Å²) in [5.74, 6) is 0. The molecule has 1 heterocycles. The molecule has 0 amide bonds. The van der Waals surface area contributed by atoms with Crippen LogP contribution in [0.1, 0.15) is 50.4 Å². The lowest BCUT2D eigenvalue weighted by Gasteiger charge is -2.43. The van der Waals surface area contributed by atoms with Crippen molar-refractivity contribution in [3.05, 3.63) is 15.9 Å². The summed E-state index contributed by atoms with van der Waals surface area (Å²) in [6, 6.07) is 0.441. The monoisotopic (exact) mass is 357 g/mol. The molecule has 0 bridgehead atoms. The maximum absolute atomic E-state index is 5.81. The Morgan fingerprint density at radius 3 is 2.62 bits per heavy atom. The summed E-state index contributed by atoms with van der Waals surface area (Å²) in [7, 11) is 3.89. The van der Waals surface area contributed by atoms with Gasteiger partial charge in [0.15, 0.2) is 0 Å². The van der Waals surface area contributed by atoms with Gasteiger partial charge in [0, 0.05) is 26.6 Å². The largest absolute Gasteiger partial charge is 0.378 e. The molecule has 1 aromatic rings. The molecule has 1 aromatic heterocycles. The van der Waals surface area contributed by atoms with Crippen LogP contribution < -0.4 is 5.32 Å². The van der Waals surface area contributed by atoms with E-state index in [-0.39, 0.29) is 5.60 Å².